The van der Waals surface area contributed by atoms with E-state index in [1.807, 2.05) is 35.6 Å². The molecule has 0 spiro atoms. The minimum Gasteiger partial charge on any atom is -0.396 e. The highest BCUT2D eigenvalue weighted by Crippen LogP contribution is 2.39. The van der Waals surface area contributed by atoms with Gasteiger partial charge in [-0.3, -0.25) is 9.78 Å². The number of aromatic nitrogens is 3. The minimum atomic E-state index is 0.117. The zero-order valence-electron chi connectivity index (χ0n) is 18.5. The molecule has 1 saturated heterocycles. The Balaban J connectivity index is 1.41. The summed E-state index contributed by atoms with van der Waals surface area (Å²) in [6.07, 6.45) is 10.0. The van der Waals surface area contributed by atoms with Crippen LogP contribution >= 0.6 is 0 Å². The summed E-state index contributed by atoms with van der Waals surface area (Å²) in [5, 5.41) is 10.5. The largest absolute Gasteiger partial charge is 0.396 e. The first kappa shape index (κ1) is 20.1. The predicted octanol–water partition coefficient (Wildman–Crippen LogP) is 4.37. The topological polar surface area (TPSA) is 71.2 Å². The highest BCUT2D eigenvalue weighted by atomic mass is 16.3. The molecule has 0 saturated carbocycles. The third kappa shape index (κ3) is 3.42. The molecule has 6 rings (SSSR count). The average molecular weight is 439 g/mol. The second kappa shape index (κ2) is 8.12. The Morgan fingerprint density at radius 2 is 1.73 bits per heavy atom. The number of aryl methyl sites for hydroxylation is 1. The fraction of sp³-hybridized carbons (Fsp3) is 0.296. The minimum absolute atomic E-state index is 0.117. The van der Waals surface area contributed by atoms with Crippen molar-refractivity contribution in [3.8, 4) is 22.3 Å². The van der Waals surface area contributed by atoms with E-state index in [9.17, 15) is 9.90 Å². The number of fused-ring (bicyclic) bond motifs is 3. The van der Waals surface area contributed by atoms with Gasteiger partial charge in [-0.05, 0) is 61.1 Å². The van der Waals surface area contributed by atoms with Crippen LogP contribution in [0.15, 0.2) is 55.0 Å². The van der Waals surface area contributed by atoms with Gasteiger partial charge in [-0.15, -0.1) is 0 Å². The van der Waals surface area contributed by atoms with Crippen LogP contribution in [0.3, 0.4) is 0 Å². The molecule has 6 heteroatoms. The first-order valence-corrected chi connectivity index (χ1v) is 11.7. The lowest BCUT2D eigenvalue weighted by Gasteiger charge is -2.16. The number of benzene rings is 1. The molecule has 0 aliphatic carbocycles. The van der Waals surface area contributed by atoms with E-state index in [0.29, 0.717) is 12.8 Å². The monoisotopic (exact) mass is 438 g/mol. The van der Waals surface area contributed by atoms with E-state index in [1.54, 1.807) is 0 Å². The van der Waals surface area contributed by atoms with E-state index in [4.69, 9.17) is 4.98 Å². The van der Waals surface area contributed by atoms with Crippen LogP contribution in [-0.4, -0.2) is 38.7 Å². The first-order chi connectivity index (χ1) is 16.2. The molecule has 2 aliphatic heterocycles. The summed E-state index contributed by atoms with van der Waals surface area (Å²) in [7, 11) is 0. The van der Waals surface area contributed by atoms with Crippen molar-refractivity contribution in [2.24, 2.45) is 0 Å². The van der Waals surface area contributed by atoms with E-state index >= 15 is 0 Å². The van der Waals surface area contributed by atoms with E-state index in [0.717, 1.165) is 71.3 Å². The van der Waals surface area contributed by atoms with Crippen molar-refractivity contribution in [2.45, 2.75) is 38.6 Å². The normalized spacial score (nSPS) is 15.5. The third-order valence-corrected chi connectivity index (χ3v) is 6.87. The third-order valence-electron chi connectivity index (χ3n) is 6.87. The second-order valence-corrected chi connectivity index (χ2v) is 8.92. The van der Waals surface area contributed by atoms with Crippen LogP contribution in [-0.2, 0) is 24.2 Å². The van der Waals surface area contributed by atoms with E-state index in [1.165, 1.54) is 11.3 Å². The van der Waals surface area contributed by atoms with Crippen LogP contribution in [0, 0.1) is 0 Å². The molecule has 0 atom stereocenters. The quantitative estimate of drug-likeness (QED) is 0.502. The van der Waals surface area contributed by atoms with Crippen molar-refractivity contribution < 1.29 is 9.90 Å². The molecule has 3 aromatic heterocycles. The number of amides is 1. The van der Waals surface area contributed by atoms with Gasteiger partial charge >= 0.3 is 0 Å². The van der Waals surface area contributed by atoms with Crippen LogP contribution in [0.1, 0.15) is 30.5 Å². The zero-order valence-corrected chi connectivity index (χ0v) is 18.5. The predicted molar refractivity (Wildman–Crippen MR) is 129 cm³/mol. The fourth-order valence-corrected chi connectivity index (χ4v) is 5.30. The Morgan fingerprint density at radius 3 is 2.52 bits per heavy atom. The summed E-state index contributed by atoms with van der Waals surface area (Å²) in [5.74, 6) is 0.204. The molecule has 0 unspecified atom stereocenters. The number of carbonyl (C=O) groups excluding carboxylic acids is 1. The Morgan fingerprint density at radius 1 is 0.909 bits per heavy atom. The SMILES string of the molecule is O=C1CCCN1c1ccc(-c2cncc(-c3c4n(c5ncc(CCO)cc35)CCC4)c2)cc1. The number of pyridine rings is 2. The average Bonchev–Trinajstić information content (AvgIpc) is 3.55. The maximum absolute atomic E-state index is 12.1. The smallest absolute Gasteiger partial charge is 0.227 e. The van der Waals surface area contributed by atoms with Gasteiger partial charge in [0.05, 0.1) is 0 Å². The van der Waals surface area contributed by atoms with E-state index < -0.39 is 0 Å². The van der Waals surface area contributed by atoms with Crippen molar-refractivity contribution >= 4 is 22.6 Å². The molecular formula is C27H26N4O2. The summed E-state index contributed by atoms with van der Waals surface area (Å²) in [6, 6.07) is 12.6. The van der Waals surface area contributed by atoms with Gasteiger partial charge in [0.25, 0.3) is 0 Å². The van der Waals surface area contributed by atoms with Gasteiger partial charge in [0, 0.05) is 78.2 Å². The molecule has 2 aliphatic rings. The van der Waals surface area contributed by atoms with Gasteiger partial charge in [0.2, 0.25) is 5.91 Å². The lowest BCUT2D eigenvalue weighted by Crippen LogP contribution is -2.23. The molecule has 1 aromatic carbocycles. The van der Waals surface area contributed by atoms with Crippen molar-refractivity contribution in [3.63, 3.8) is 0 Å². The summed E-state index contributed by atoms with van der Waals surface area (Å²) >= 11 is 0. The van der Waals surface area contributed by atoms with Crippen LogP contribution in [0.25, 0.3) is 33.3 Å². The number of hydrogen-bond donors (Lipinski definition) is 1. The Hall–Kier alpha value is -3.51. The molecule has 1 amide bonds. The van der Waals surface area contributed by atoms with Gasteiger partial charge in [-0.1, -0.05) is 12.1 Å². The molecule has 0 radical (unpaired) electrons. The summed E-state index contributed by atoms with van der Waals surface area (Å²) in [5.41, 5.74) is 8.79. The molecule has 6 nitrogen and oxygen atoms in total. The van der Waals surface area contributed by atoms with Gasteiger partial charge in [-0.2, -0.15) is 0 Å². The highest BCUT2D eigenvalue weighted by molar-refractivity contribution is 5.98. The number of anilines is 1. The number of hydrogen-bond acceptors (Lipinski definition) is 4. The molecule has 4 aromatic rings. The number of nitrogens with zero attached hydrogens (tertiary/aromatic N) is 4. The molecule has 0 bridgehead atoms. The maximum Gasteiger partial charge on any atom is 0.227 e. The zero-order chi connectivity index (χ0) is 22.4. The van der Waals surface area contributed by atoms with Crippen molar-refractivity contribution in [1.29, 1.82) is 0 Å². The molecule has 5 heterocycles. The van der Waals surface area contributed by atoms with Gasteiger partial charge in [0.1, 0.15) is 5.65 Å². The summed E-state index contributed by atoms with van der Waals surface area (Å²) in [6.45, 7) is 1.91. The van der Waals surface area contributed by atoms with Crippen LogP contribution < -0.4 is 4.90 Å². The first-order valence-electron chi connectivity index (χ1n) is 11.7. The molecule has 1 fully saturated rings. The Kier molecular flexibility index (Phi) is 4.95. The van der Waals surface area contributed by atoms with Crippen LogP contribution in [0.5, 0.6) is 0 Å². The number of aliphatic hydroxyl groups excluding tert-OH is 1. The van der Waals surface area contributed by atoms with Gasteiger partial charge in [0.15, 0.2) is 0 Å². The molecule has 1 N–H and O–H groups in total. The van der Waals surface area contributed by atoms with Crippen molar-refractivity contribution in [1.82, 2.24) is 14.5 Å². The van der Waals surface area contributed by atoms with Gasteiger partial charge < -0.3 is 14.6 Å². The van der Waals surface area contributed by atoms with Gasteiger partial charge in [-0.25, -0.2) is 4.98 Å². The maximum atomic E-state index is 12.1. The summed E-state index contributed by atoms with van der Waals surface area (Å²) < 4.78 is 2.34. The number of carbonyl (C=O) groups is 1. The molecular weight excluding hydrogens is 412 g/mol. The highest BCUT2D eigenvalue weighted by Gasteiger charge is 2.24. The molecule has 166 valence electrons. The van der Waals surface area contributed by atoms with Crippen LogP contribution in [0.2, 0.25) is 0 Å². The number of aliphatic hydroxyl groups is 1. The summed E-state index contributed by atoms with van der Waals surface area (Å²) in [4.78, 5) is 23.3. The lowest BCUT2D eigenvalue weighted by molar-refractivity contribution is -0.117. The van der Waals surface area contributed by atoms with Crippen molar-refractivity contribution in [3.05, 3.63) is 66.2 Å². The Labute approximate surface area is 192 Å². The Bertz CT molecular complexity index is 1360. The van der Waals surface area contributed by atoms with E-state index in [-0.39, 0.29) is 12.5 Å². The standard InChI is InChI=1S/C27H26N4O2/c32-12-9-18-13-23-26(24-3-1-11-31(24)27(23)29-15-18)21-14-20(16-28-17-21)19-5-7-22(8-6-19)30-10-2-4-25(30)33/h5-8,13-17,32H,1-4,9-12H2. The second-order valence-electron chi connectivity index (χ2n) is 8.92. The lowest BCUT2D eigenvalue weighted by atomic mass is 9.98. The molecule has 33 heavy (non-hydrogen) atoms. The van der Waals surface area contributed by atoms with Crippen molar-refractivity contribution in [2.75, 3.05) is 18.1 Å². The number of rotatable bonds is 5. The van der Waals surface area contributed by atoms with Crippen LogP contribution in [0.4, 0.5) is 5.69 Å². The fourth-order valence-electron chi connectivity index (χ4n) is 5.30. The van der Waals surface area contributed by atoms with E-state index in [2.05, 4.69) is 33.8 Å².